The van der Waals surface area contributed by atoms with Crippen molar-refractivity contribution >= 4 is 29.0 Å². The van der Waals surface area contributed by atoms with Crippen molar-refractivity contribution < 1.29 is 0 Å². The minimum Gasteiger partial charge on any atom is -0.369 e. The van der Waals surface area contributed by atoms with E-state index in [1.807, 2.05) is 22.9 Å². The number of hydrogen-bond donors (Lipinski definition) is 1. The van der Waals surface area contributed by atoms with E-state index in [2.05, 4.69) is 53.8 Å². The van der Waals surface area contributed by atoms with Crippen LogP contribution in [0.5, 0.6) is 0 Å². The molecule has 0 radical (unpaired) electrons. The van der Waals surface area contributed by atoms with Gasteiger partial charge in [0.15, 0.2) is 0 Å². The molecule has 0 bridgehead atoms. The summed E-state index contributed by atoms with van der Waals surface area (Å²) in [5, 5.41) is 9.53. The number of nitrogens with zero attached hydrogens (tertiary/aromatic N) is 2. The average molecular weight is 406 g/mol. The fourth-order valence-electron chi connectivity index (χ4n) is 3.69. The Balaban J connectivity index is 1.58. The highest BCUT2D eigenvalue weighted by atomic mass is 35.5. The molecule has 3 aromatic carbocycles. The van der Waals surface area contributed by atoms with E-state index in [-0.39, 0.29) is 0 Å². The first-order valence-electron chi connectivity index (χ1n) is 9.18. The lowest BCUT2D eigenvalue weighted by Gasteiger charge is -2.08. The van der Waals surface area contributed by atoms with Gasteiger partial charge in [-0.3, -0.25) is 0 Å². The Morgan fingerprint density at radius 1 is 0.821 bits per heavy atom. The van der Waals surface area contributed by atoms with Crippen molar-refractivity contribution in [3.05, 3.63) is 88.4 Å². The predicted molar refractivity (Wildman–Crippen MR) is 117 cm³/mol. The van der Waals surface area contributed by atoms with Gasteiger partial charge in [0, 0.05) is 22.7 Å². The zero-order valence-corrected chi connectivity index (χ0v) is 16.5. The monoisotopic (exact) mass is 405 g/mol. The third-order valence-electron chi connectivity index (χ3n) is 5.05. The van der Waals surface area contributed by atoms with Gasteiger partial charge in [-0.1, -0.05) is 77.8 Å². The highest BCUT2D eigenvalue weighted by Gasteiger charge is 2.24. The molecule has 0 unspecified atom stereocenters. The van der Waals surface area contributed by atoms with Gasteiger partial charge in [-0.05, 0) is 35.7 Å². The summed E-state index contributed by atoms with van der Waals surface area (Å²) >= 11 is 12.5. The number of hydrogen-bond acceptors (Lipinski definition) is 2. The van der Waals surface area contributed by atoms with Crippen LogP contribution in [0.25, 0.3) is 28.1 Å². The molecule has 0 fully saturated rings. The van der Waals surface area contributed by atoms with Gasteiger partial charge >= 0.3 is 0 Å². The summed E-state index contributed by atoms with van der Waals surface area (Å²) in [5.41, 5.74) is 6.54. The molecule has 2 heterocycles. The highest BCUT2D eigenvalue weighted by Crippen LogP contribution is 2.37. The topological polar surface area (TPSA) is 29.9 Å². The minimum atomic E-state index is 0.581. The summed E-state index contributed by atoms with van der Waals surface area (Å²) in [6.07, 6.45) is 0.941. The number of nitrogens with one attached hydrogen (secondary N) is 1. The van der Waals surface area contributed by atoms with E-state index in [4.69, 9.17) is 28.3 Å². The van der Waals surface area contributed by atoms with Gasteiger partial charge in [-0.15, -0.1) is 0 Å². The maximum atomic E-state index is 6.44. The van der Waals surface area contributed by atoms with Gasteiger partial charge in [0.25, 0.3) is 0 Å². The van der Waals surface area contributed by atoms with Crippen molar-refractivity contribution in [1.29, 1.82) is 0 Å². The van der Waals surface area contributed by atoms with Crippen LogP contribution < -0.4 is 5.32 Å². The van der Waals surface area contributed by atoms with Crippen molar-refractivity contribution in [1.82, 2.24) is 9.78 Å². The first-order chi connectivity index (χ1) is 13.7. The van der Waals surface area contributed by atoms with Crippen LogP contribution >= 0.6 is 23.2 Å². The molecule has 0 atom stereocenters. The molecule has 0 saturated carbocycles. The number of rotatable bonds is 3. The van der Waals surface area contributed by atoms with Crippen LogP contribution in [0.2, 0.25) is 10.0 Å². The van der Waals surface area contributed by atoms with Crippen LogP contribution in [0.4, 0.5) is 5.82 Å². The quantitative estimate of drug-likeness (QED) is 0.422. The molecule has 0 amide bonds. The summed E-state index contributed by atoms with van der Waals surface area (Å²) < 4.78 is 1.89. The van der Waals surface area contributed by atoms with Gasteiger partial charge in [-0.25, -0.2) is 4.68 Å². The second kappa shape index (κ2) is 7.01. The van der Waals surface area contributed by atoms with E-state index in [0.717, 1.165) is 35.7 Å². The maximum absolute atomic E-state index is 6.44. The van der Waals surface area contributed by atoms with Crippen LogP contribution in [0.3, 0.4) is 0 Å². The molecule has 28 heavy (non-hydrogen) atoms. The molecule has 5 heteroatoms. The Morgan fingerprint density at radius 3 is 2.29 bits per heavy atom. The summed E-state index contributed by atoms with van der Waals surface area (Å²) in [6.45, 7) is 0.896. The average Bonchev–Trinajstić information content (AvgIpc) is 3.32. The van der Waals surface area contributed by atoms with Crippen molar-refractivity contribution in [2.24, 2.45) is 0 Å². The van der Waals surface area contributed by atoms with Gasteiger partial charge in [0.2, 0.25) is 0 Å². The molecule has 3 nitrogen and oxygen atoms in total. The van der Waals surface area contributed by atoms with E-state index in [1.54, 1.807) is 6.07 Å². The largest absolute Gasteiger partial charge is 0.369 e. The van der Waals surface area contributed by atoms with Gasteiger partial charge in [-0.2, -0.15) is 5.10 Å². The minimum absolute atomic E-state index is 0.581. The molecular weight excluding hydrogens is 389 g/mol. The molecule has 4 aromatic rings. The normalized spacial score (nSPS) is 12.6. The number of halogens is 2. The molecule has 1 aromatic heterocycles. The summed E-state index contributed by atoms with van der Waals surface area (Å²) in [7, 11) is 0. The van der Waals surface area contributed by atoms with Crippen molar-refractivity contribution in [2.75, 3.05) is 11.9 Å². The Labute approximate surface area is 173 Å². The van der Waals surface area contributed by atoms with E-state index < -0.39 is 0 Å². The van der Waals surface area contributed by atoms with Crippen molar-refractivity contribution in [3.8, 4) is 28.1 Å². The molecule has 0 spiro atoms. The summed E-state index contributed by atoms with van der Waals surface area (Å²) in [6, 6.07) is 24.4. The van der Waals surface area contributed by atoms with Crippen LogP contribution in [0, 0.1) is 0 Å². The lowest BCUT2D eigenvalue weighted by Crippen LogP contribution is -2.04. The van der Waals surface area contributed by atoms with E-state index in [1.165, 1.54) is 16.7 Å². The number of fused-ring (bicyclic) bond motifs is 1. The SMILES string of the molecule is Clc1ccc(-n2nc(-c3ccc(-c4ccccc4)cc3)c3c2NCC3)c(Cl)c1. The van der Waals surface area contributed by atoms with Crippen LogP contribution in [0.1, 0.15) is 5.56 Å². The fraction of sp³-hybridized carbons (Fsp3) is 0.0870. The first-order valence-corrected chi connectivity index (χ1v) is 9.93. The van der Waals surface area contributed by atoms with Crippen LogP contribution in [-0.4, -0.2) is 16.3 Å². The van der Waals surface area contributed by atoms with E-state index in [0.29, 0.717) is 10.0 Å². The van der Waals surface area contributed by atoms with Gasteiger partial charge < -0.3 is 5.32 Å². The van der Waals surface area contributed by atoms with Crippen molar-refractivity contribution in [3.63, 3.8) is 0 Å². The molecule has 0 aliphatic carbocycles. The Kier molecular flexibility index (Phi) is 4.34. The zero-order valence-electron chi connectivity index (χ0n) is 15.0. The number of benzene rings is 3. The lowest BCUT2D eigenvalue weighted by atomic mass is 10.0. The molecule has 1 N–H and O–H groups in total. The standard InChI is InChI=1S/C23H17Cl2N3/c24-18-10-11-21(20(25)14-18)28-23-19(12-13-26-23)22(27-28)17-8-6-16(7-9-17)15-4-2-1-3-5-15/h1-11,14,26H,12-13H2. The lowest BCUT2D eigenvalue weighted by molar-refractivity contribution is 0.882. The van der Waals surface area contributed by atoms with Gasteiger partial charge in [0.05, 0.1) is 16.4 Å². The predicted octanol–water partition coefficient (Wildman–Crippen LogP) is 6.48. The number of anilines is 1. The third kappa shape index (κ3) is 2.97. The Hall–Kier alpha value is -2.75. The van der Waals surface area contributed by atoms with E-state index in [9.17, 15) is 0 Å². The molecule has 5 rings (SSSR count). The summed E-state index contributed by atoms with van der Waals surface area (Å²) in [5.74, 6) is 1.01. The fourth-order valence-corrected chi connectivity index (χ4v) is 4.17. The first kappa shape index (κ1) is 17.4. The second-order valence-corrected chi connectivity index (χ2v) is 7.65. The maximum Gasteiger partial charge on any atom is 0.133 e. The van der Waals surface area contributed by atoms with Crippen LogP contribution in [0.15, 0.2) is 72.8 Å². The van der Waals surface area contributed by atoms with Gasteiger partial charge in [0.1, 0.15) is 5.82 Å². The molecular formula is C23H17Cl2N3. The van der Waals surface area contributed by atoms with Crippen molar-refractivity contribution in [2.45, 2.75) is 6.42 Å². The van der Waals surface area contributed by atoms with Crippen LogP contribution in [-0.2, 0) is 6.42 Å². The molecule has 1 aliphatic heterocycles. The molecule has 0 saturated heterocycles. The second-order valence-electron chi connectivity index (χ2n) is 6.80. The Morgan fingerprint density at radius 2 is 1.54 bits per heavy atom. The summed E-state index contributed by atoms with van der Waals surface area (Å²) in [4.78, 5) is 0. The number of aromatic nitrogens is 2. The third-order valence-corrected chi connectivity index (χ3v) is 5.59. The smallest absolute Gasteiger partial charge is 0.133 e. The van der Waals surface area contributed by atoms with E-state index >= 15 is 0 Å². The highest BCUT2D eigenvalue weighted by molar-refractivity contribution is 6.35. The zero-order chi connectivity index (χ0) is 19.1. The molecule has 138 valence electrons. The molecule has 1 aliphatic rings. The Bertz CT molecular complexity index is 1150.